The molecule has 0 heterocycles. The zero-order chi connectivity index (χ0) is 29.5. The molecule has 0 bridgehead atoms. The molecule has 8 nitrogen and oxygen atoms in total. The molecule has 1 fully saturated rings. The molecule has 0 unspecified atom stereocenters. The maximum Gasteiger partial charge on any atom is 0.302 e. The zero-order valence-corrected chi connectivity index (χ0v) is 24.6. The van der Waals surface area contributed by atoms with Crippen LogP contribution in [0.25, 0.3) is 5.57 Å². The summed E-state index contributed by atoms with van der Waals surface area (Å²) in [6.45, 7) is 2.03. The molecule has 4 atom stereocenters. The number of likely N-dealkylation sites (N-methyl/N-ethyl adjacent to an activating group) is 1. The van der Waals surface area contributed by atoms with Gasteiger partial charge in [-0.2, -0.15) is 0 Å². The molecule has 4 rings (SSSR count). The summed E-state index contributed by atoms with van der Waals surface area (Å²) in [6.07, 6.45) is 7.68. The normalized spacial score (nSPS) is 20.6. The van der Waals surface area contributed by atoms with Crippen molar-refractivity contribution in [3.05, 3.63) is 53.1 Å². The van der Waals surface area contributed by atoms with Crippen LogP contribution in [0.5, 0.6) is 23.0 Å². The van der Waals surface area contributed by atoms with E-state index >= 15 is 0 Å². The number of carbonyl (C=O) groups excluding carboxylic acids is 2. The molecule has 2 aliphatic carbocycles. The summed E-state index contributed by atoms with van der Waals surface area (Å²) in [7, 11) is 4.95. The number of Topliss-reactive ketones (excluding diaryl/α,β-unsaturated/α-hetero) is 1. The Morgan fingerprint density at radius 3 is 2.46 bits per heavy atom. The molecular weight excluding hydrogens is 522 g/mol. The van der Waals surface area contributed by atoms with Crippen molar-refractivity contribution in [1.29, 1.82) is 0 Å². The molecule has 8 heteroatoms. The minimum Gasteiger partial charge on any atom is -0.504 e. The highest BCUT2D eigenvalue weighted by atomic mass is 16.5. The number of hydrogen-bond donors (Lipinski definition) is 3. The van der Waals surface area contributed by atoms with Gasteiger partial charge in [0.1, 0.15) is 11.9 Å². The fraction of sp³-hybridized carbons (Fsp3) is 0.515. The van der Waals surface area contributed by atoms with E-state index in [0.29, 0.717) is 49.1 Å². The highest BCUT2D eigenvalue weighted by Crippen LogP contribution is 2.50. The Kier molecular flexibility index (Phi) is 10.3. The Balaban J connectivity index is 1.58. The molecule has 2 aromatic rings. The van der Waals surface area contributed by atoms with Gasteiger partial charge < -0.3 is 29.7 Å². The first-order chi connectivity index (χ1) is 19.7. The van der Waals surface area contributed by atoms with Gasteiger partial charge in [-0.25, -0.2) is 0 Å². The van der Waals surface area contributed by atoms with E-state index < -0.39 is 12.1 Å². The van der Waals surface area contributed by atoms with Gasteiger partial charge >= 0.3 is 5.97 Å². The molecule has 222 valence electrons. The maximum absolute atomic E-state index is 13.7. The van der Waals surface area contributed by atoms with E-state index in [4.69, 9.17) is 14.2 Å². The molecule has 2 aromatic carbocycles. The van der Waals surface area contributed by atoms with Gasteiger partial charge in [0, 0.05) is 26.3 Å². The number of nitrogens with one attached hydrogen (secondary N) is 1. The number of allylic oxidation sites excluding steroid dienone is 1. The summed E-state index contributed by atoms with van der Waals surface area (Å²) in [5.41, 5.74) is 4.04. The number of benzene rings is 2. The van der Waals surface area contributed by atoms with Crippen molar-refractivity contribution in [2.24, 2.45) is 11.8 Å². The predicted molar refractivity (Wildman–Crippen MR) is 158 cm³/mol. The van der Waals surface area contributed by atoms with E-state index in [-0.39, 0.29) is 29.6 Å². The average Bonchev–Trinajstić information content (AvgIpc) is 3.06. The molecule has 0 spiro atoms. The van der Waals surface area contributed by atoms with E-state index in [9.17, 15) is 19.8 Å². The van der Waals surface area contributed by atoms with Crippen molar-refractivity contribution < 1.29 is 34.0 Å². The summed E-state index contributed by atoms with van der Waals surface area (Å²) in [5, 5.41) is 23.8. The van der Waals surface area contributed by atoms with Gasteiger partial charge in [0.15, 0.2) is 23.0 Å². The number of aromatic hydroxyl groups is 2. The number of phenols is 2. The Morgan fingerprint density at radius 2 is 1.76 bits per heavy atom. The number of fused-ring (bicyclic) bond motifs is 2. The lowest BCUT2D eigenvalue weighted by Gasteiger charge is -2.35. The van der Waals surface area contributed by atoms with Gasteiger partial charge in [0.2, 0.25) is 0 Å². The molecule has 0 radical (unpaired) electrons. The second-order valence-corrected chi connectivity index (χ2v) is 11.3. The van der Waals surface area contributed by atoms with Gasteiger partial charge in [-0.15, -0.1) is 0 Å². The van der Waals surface area contributed by atoms with Crippen molar-refractivity contribution in [2.45, 2.75) is 70.3 Å². The quantitative estimate of drug-likeness (QED) is 0.288. The summed E-state index contributed by atoms with van der Waals surface area (Å²) in [6, 6.07) is 8.82. The lowest BCUT2D eigenvalue weighted by atomic mass is 9.69. The second-order valence-electron chi connectivity index (χ2n) is 11.3. The standard InChI is InChI=1S/C33H43NO7/c1-20(35)41-25(11-9-21-10-12-30(37)32(13-21)39-3)15-24(36)16-28-26-8-6-5-7-22(26)14-23(19-34-2)27-17-31(38)33(40-4)18-29(27)28/h10,12-14,17-18,22,25-26,28,34,37-38H,5-9,11,15-16,19H2,1-4H3/t22-,25-,26+,28+/m1/s1. The van der Waals surface area contributed by atoms with Crippen LogP contribution < -0.4 is 14.8 Å². The van der Waals surface area contributed by atoms with Crippen LogP contribution in [-0.4, -0.2) is 55.9 Å². The number of carbonyl (C=O) groups is 2. The number of ether oxygens (including phenoxy) is 3. The number of phenolic OH excluding ortho intramolecular Hbond substituents is 2. The molecule has 0 aromatic heterocycles. The monoisotopic (exact) mass is 565 g/mol. The van der Waals surface area contributed by atoms with Crippen molar-refractivity contribution in [1.82, 2.24) is 5.32 Å². The van der Waals surface area contributed by atoms with Gasteiger partial charge in [0.05, 0.1) is 14.2 Å². The fourth-order valence-electron chi connectivity index (χ4n) is 6.64. The van der Waals surface area contributed by atoms with Crippen LogP contribution in [0.15, 0.2) is 36.4 Å². The van der Waals surface area contributed by atoms with Crippen LogP contribution in [-0.2, 0) is 20.7 Å². The first kappa shape index (κ1) is 30.4. The van der Waals surface area contributed by atoms with Crippen LogP contribution in [0.2, 0.25) is 0 Å². The number of methoxy groups -OCH3 is 2. The number of rotatable bonds is 12. The highest BCUT2D eigenvalue weighted by molar-refractivity contribution is 5.82. The first-order valence-corrected chi connectivity index (χ1v) is 14.5. The third-order valence-corrected chi connectivity index (χ3v) is 8.51. The summed E-state index contributed by atoms with van der Waals surface area (Å²) in [5.74, 6) is 1.16. The van der Waals surface area contributed by atoms with E-state index in [1.54, 1.807) is 31.4 Å². The van der Waals surface area contributed by atoms with Crippen LogP contribution in [0.4, 0.5) is 0 Å². The lowest BCUT2D eigenvalue weighted by Crippen LogP contribution is -2.27. The maximum atomic E-state index is 13.7. The SMILES string of the molecule is CNCC1=C[C@H]2CCCC[C@@H]2[C@H](CC(=O)C[C@@H](CCc2ccc(O)c(OC)c2)OC(C)=O)c2cc(OC)c(O)cc21. The van der Waals surface area contributed by atoms with E-state index in [1.165, 1.54) is 14.0 Å². The van der Waals surface area contributed by atoms with E-state index in [2.05, 4.69) is 11.4 Å². The third kappa shape index (κ3) is 7.41. The van der Waals surface area contributed by atoms with E-state index in [1.807, 2.05) is 13.1 Å². The molecule has 41 heavy (non-hydrogen) atoms. The molecule has 0 saturated heterocycles. The summed E-state index contributed by atoms with van der Waals surface area (Å²) in [4.78, 5) is 25.7. The largest absolute Gasteiger partial charge is 0.504 e. The zero-order valence-electron chi connectivity index (χ0n) is 24.6. The fourth-order valence-corrected chi connectivity index (χ4v) is 6.64. The molecule has 1 saturated carbocycles. The van der Waals surface area contributed by atoms with Crippen LogP contribution in [0, 0.1) is 11.8 Å². The molecule has 0 aliphatic heterocycles. The Morgan fingerprint density at radius 1 is 1.02 bits per heavy atom. The first-order valence-electron chi connectivity index (χ1n) is 14.5. The Labute approximate surface area is 242 Å². The van der Waals surface area contributed by atoms with Gasteiger partial charge in [0.25, 0.3) is 0 Å². The third-order valence-electron chi connectivity index (χ3n) is 8.51. The van der Waals surface area contributed by atoms with Crippen molar-refractivity contribution in [2.75, 3.05) is 27.8 Å². The molecular formula is C33H43NO7. The minimum absolute atomic E-state index is 0.0396. The van der Waals surface area contributed by atoms with Gasteiger partial charge in [-0.3, -0.25) is 9.59 Å². The number of ketones is 1. The minimum atomic E-state index is -0.556. The number of esters is 1. The van der Waals surface area contributed by atoms with Gasteiger partial charge in [-0.1, -0.05) is 25.0 Å². The summed E-state index contributed by atoms with van der Waals surface area (Å²) >= 11 is 0. The van der Waals surface area contributed by atoms with Crippen molar-refractivity contribution in [3.8, 4) is 23.0 Å². The Hall–Kier alpha value is -3.52. The van der Waals surface area contributed by atoms with Crippen LogP contribution in [0.3, 0.4) is 0 Å². The molecule has 2 aliphatic rings. The van der Waals surface area contributed by atoms with Crippen LogP contribution in [0.1, 0.15) is 74.5 Å². The molecule has 3 N–H and O–H groups in total. The van der Waals surface area contributed by atoms with Crippen molar-refractivity contribution >= 4 is 17.3 Å². The second kappa shape index (κ2) is 13.9. The summed E-state index contributed by atoms with van der Waals surface area (Å²) < 4.78 is 16.3. The highest BCUT2D eigenvalue weighted by Gasteiger charge is 2.38. The number of hydrogen-bond acceptors (Lipinski definition) is 8. The smallest absolute Gasteiger partial charge is 0.302 e. The van der Waals surface area contributed by atoms with Crippen LogP contribution >= 0.6 is 0 Å². The number of aryl methyl sites for hydroxylation is 1. The van der Waals surface area contributed by atoms with Crippen molar-refractivity contribution in [3.63, 3.8) is 0 Å². The van der Waals surface area contributed by atoms with E-state index in [0.717, 1.165) is 47.9 Å². The lowest BCUT2D eigenvalue weighted by molar-refractivity contribution is -0.147. The predicted octanol–water partition coefficient (Wildman–Crippen LogP) is 5.54. The topological polar surface area (TPSA) is 114 Å². The Bertz CT molecular complexity index is 1270. The molecule has 0 amide bonds. The van der Waals surface area contributed by atoms with Gasteiger partial charge in [-0.05, 0) is 97.0 Å². The average molecular weight is 566 g/mol.